The number of hydrogen-bond donors (Lipinski definition) is 3. The van der Waals surface area contributed by atoms with Crippen LogP contribution in [0.3, 0.4) is 0 Å². The summed E-state index contributed by atoms with van der Waals surface area (Å²) in [4.78, 5) is 11.3. The van der Waals surface area contributed by atoms with Crippen LogP contribution in [0, 0.1) is 0 Å². The molecule has 0 radical (unpaired) electrons. The molecule has 0 aliphatic rings. The zero-order chi connectivity index (χ0) is 17.0. The Morgan fingerprint density at radius 1 is 1.04 bits per heavy atom. The molecule has 4 N–H and O–H groups in total. The molecular formula is C15H12F3N3OS. The molecular weight excluding hydrogens is 327 g/mol. The minimum atomic E-state index is -4.44. The Labute approximate surface area is 135 Å². The van der Waals surface area contributed by atoms with Crippen LogP contribution in [0.4, 0.5) is 24.5 Å². The molecule has 1 amide bonds. The molecule has 0 aliphatic carbocycles. The van der Waals surface area contributed by atoms with Gasteiger partial charge in [-0.1, -0.05) is 18.2 Å². The summed E-state index contributed by atoms with van der Waals surface area (Å²) in [7, 11) is 0. The van der Waals surface area contributed by atoms with Crippen molar-refractivity contribution in [1.29, 1.82) is 0 Å². The Hall–Kier alpha value is -2.61. The van der Waals surface area contributed by atoms with Gasteiger partial charge in [0.25, 0.3) is 5.91 Å². The van der Waals surface area contributed by atoms with Crippen molar-refractivity contribution in [2.24, 2.45) is 5.73 Å². The van der Waals surface area contributed by atoms with Gasteiger partial charge in [0.1, 0.15) is 0 Å². The number of para-hydroxylation sites is 1. The second-order valence-corrected chi connectivity index (χ2v) is 4.98. The van der Waals surface area contributed by atoms with E-state index in [0.29, 0.717) is 5.69 Å². The van der Waals surface area contributed by atoms with Crippen molar-refractivity contribution in [1.82, 2.24) is 0 Å². The molecule has 0 spiro atoms. The molecule has 23 heavy (non-hydrogen) atoms. The molecule has 0 fully saturated rings. The third-order valence-corrected chi connectivity index (χ3v) is 3.09. The van der Waals surface area contributed by atoms with Gasteiger partial charge in [0.05, 0.1) is 16.8 Å². The molecule has 2 rings (SSSR count). The van der Waals surface area contributed by atoms with E-state index in [1.54, 1.807) is 18.2 Å². The molecule has 0 aliphatic heterocycles. The molecule has 8 heteroatoms. The average molecular weight is 339 g/mol. The summed E-state index contributed by atoms with van der Waals surface area (Å²) < 4.78 is 38.0. The van der Waals surface area contributed by atoms with Crippen molar-refractivity contribution in [3.05, 3.63) is 59.7 Å². The average Bonchev–Trinajstić information content (AvgIpc) is 2.46. The van der Waals surface area contributed by atoms with E-state index in [0.717, 1.165) is 12.1 Å². The highest BCUT2D eigenvalue weighted by molar-refractivity contribution is 7.80. The van der Waals surface area contributed by atoms with Crippen LogP contribution >= 0.6 is 12.2 Å². The van der Waals surface area contributed by atoms with Crippen LogP contribution < -0.4 is 16.4 Å². The summed E-state index contributed by atoms with van der Waals surface area (Å²) in [5, 5.41) is 5.41. The summed E-state index contributed by atoms with van der Waals surface area (Å²) in [6, 6.07) is 11.0. The Balaban J connectivity index is 2.13. The number of carbonyl (C=O) groups excluding carboxylic acids is 1. The van der Waals surface area contributed by atoms with Gasteiger partial charge in [0.15, 0.2) is 5.11 Å². The van der Waals surface area contributed by atoms with Crippen molar-refractivity contribution in [2.45, 2.75) is 6.18 Å². The minimum absolute atomic E-state index is 0.0398. The quantitative estimate of drug-likeness (QED) is 0.747. The molecule has 0 unspecified atom stereocenters. The van der Waals surface area contributed by atoms with Crippen LogP contribution in [-0.4, -0.2) is 11.0 Å². The highest BCUT2D eigenvalue weighted by Crippen LogP contribution is 2.30. The Morgan fingerprint density at radius 3 is 2.39 bits per heavy atom. The number of benzene rings is 2. The zero-order valence-electron chi connectivity index (χ0n) is 11.6. The molecule has 120 valence electrons. The minimum Gasteiger partial charge on any atom is -0.366 e. The number of amides is 1. The van der Waals surface area contributed by atoms with Gasteiger partial charge in [0.2, 0.25) is 0 Å². The lowest BCUT2D eigenvalue weighted by molar-refractivity contribution is -0.137. The largest absolute Gasteiger partial charge is 0.416 e. The first-order chi connectivity index (χ1) is 10.8. The molecule has 0 saturated heterocycles. The van der Waals surface area contributed by atoms with E-state index in [2.05, 4.69) is 10.6 Å². The number of thiocarbonyl (C=S) groups is 1. The monoisotopic (exact) mass is 339 g/mol. The fourth-order valence-corrected chi connectivity index (χ4v) is 2.09. The molecule has 0 bridgehead atoms. The number of carbonyl (C=O) groups is 1. The molecule has 0 saturated carbocycles. The van der Waals surface area contributed by atoms with E-state index < -0.39 is 17.6 Å². The van der Waals surface area contributed by atoms with Crippen LogP contribution in [0.2, 0.25) is 0 Å². The van der Waals surface area contributed by atoms with Crippen molar-refractivity contribution in [2.75, 3.05) is 10.6 Å². The summed E-state index contributed by atoms with van der Waals surface area (Å²) in [6.45, 7) is 0. The molecule has 2 aromatic carbocycles. The van der Waals surface area contributed by atoms with E-state index in [9.17, 15) is 18.0 Å². The fraction of sp³-hybridized carbons (Fsp3) is 0.0667. The zero-order valence-corrected chi connectivity index (χ0v) is 12.5. The number of hydrogen-bond acceptors (Lipinski definition) is 2. The molecule has 0 heterocycles. The first kappa shape index (κ1) is 16.8. The first-order valence-electron chi connectivity index (χ1n) is 6.41. The van der Waals surface area contributed by atoms with Crippen molar-refractivity contribution < 1.29 is 18.0 Å². The Bertz CT molecular complexity index is 747. The van der Waals surface area contributed by atoms with Crippen LogP contribution in [-0.2, 0) is 6.18 Å². The Kier molecular flexibility index (Phi) is 4.85. The van der Waals surface area contributed by atoms with Gasteiger partial charge in [-0.25, -0.2) is 0 Å². The second kappa shape index (κ2) is 6.66. The van der Waals surface area contributed by atoms with E-state index in [4.69, 9.17) is 18.0 Å². The van der Waals surface area contributed by atoms with Gasteiger partial charge < -0.3 is 16.4 Å². The lowest BCUT2D eigenvalue weighted by Gasteiger charge is -2.14. The number of halogens is 3. The number of rotatable bonds is 3. The normalized spacial score (nSPS) is 10.9. The second-order valence-electron chi connectivity index (χ2n) is 4.57. The van der Waals surface area contributed by atoms with Gasteiger partial charge in [-0.3, -0.25) is 4.79 Å². The van der Waals surface area contributed by atoms with Gasteiger partial charge in [-0.15, -0.1) is 0 Å². The van der Waals surface area contributed by atoms with Gasteiger partial charge >= 0.3 is 6.18 Å². The summed E-state index contributed by atoms with van der Waals surface area (Å²) in [6.07, 6.45) is -4.44. The van der Waals surface area contributed by atoms with E-state index in [1.165, 1.54) is 18.2 Å². The summed E-state index contributed by atoms with van der Waals surface area (Å²) in [5.41, 5.74) is 5.22. The van der Waals surface area contributed by atoms with Crippen molar-refractivity contribution >= 4 is 34.6 Å². The smallest absolute Gasteiger partial charge is 0.366 e. The standard InChI is InChI=1S/C15H12F3N3OS/c16-15(17,18)9-4-3-5-10(8-9)20-14(23)21-12-7-2-1-6-11(12)13(19)22/h1-8H,(H2,19,22)(H2,20,21,23). The predicted molar refractivity (Wildman–Crippen MR) is 86.2 cm³/mol. The maximum Gasteiger partial charge on any atom is 0.416 e. The third-order valence-electron chi connectivity index (χ3n) is 2.89. The number of anilines is 2. The number of nitrogens with one attached hydrogen (secondary N) is 2. The molecule has 0 atom stereocenters. The number of primary amides is 1. The van der Waals surface area contributed by atoms with E-state index in [1.807, 2.05) is 0 Å². The van der Waals surface area contributed by atoms with Crippen LogP contribution in [0.5, 0.6) is 0 Å². The van der Waals surface area contributed by atoms with Crippen LogP contribution in [0.15, 0.2) is 48.5 Å². The molecule has 0 aromatic heterocycles. The first-order valence-corrected chi connectivity index (χ1v) is 6.82. The predicted octanol–water partition coefficient (Wildman–Crippen LogP) is 3.61. The van der Waals surface area contributed by atoms with Crippen molar-refractivity contribution in [3.63, 3.8) is 0 Å². The van der Waals surface area contributed by atoms with Gasteiger partial charge in [-0.2, -0.15) is 13.2 Å². The molecule has 2 aromatic rings. The SMILES string of the molecule is NC(=O)c1ccccc1NC(=S)Nc1cccc(C(F)(F)F)c1. The summed E-state index contributed by atoms with van der Waals surface area (Å²) >= 11 is 5.05. The van der Waals surface area contributed by atoms with E-state index >= 15 is 0 Å². The molecule has 4 nitrogen and oxygen atoms in total. The summed E-state index contributed by atoms with van der Waals surface area (Å²) in [5.74, 6) is -0.644. The fourth-order valence-electron chi connectivity index (χ4n) is 1.86. The topological polar surface area (TPSA) is 67.2 Å². The lowest BCUT2D eigenvalue weighted by Crippen LogP contribution is -2.22. The van der Waals surface area contributed by atoms with Gasteiger partial charge in [-0.05, 0) is 42.5 Å². The van der Waals surface area contributed by atoms with Crippen LogP contribution in [0.1, 0.15) is 15.9 Å². The third kappa shape index (κ3) is 4.43. The highest BCUT2D eigenvalue weighted by atomic mass is 32.1. The van der Waals surface area contributed by atoms with E-state index in [-0.39, 0.29) is 16.4 Å². The number of alkyl halides is 3. The number of nitrogens with two attached hydrogens (primary N) is 1. The lowest BCUT2D eigenvalue weighted by atomic mass is 10.1. The Morgan fingerprint density at radius 2 is 1.74 bits per heavy atom. The maximum atomic E-state index is 12.7. The highest BCUT2D eigenvalue weighted by Gasteiger charge is 2.30. The van der Waals surface area contributed by atoms with Crippen LogP contribution in [0.25, 0.3) is 0 Å². The van der Waals surface area contributed by atoms with Crippen molar-refractivity contribution in [3.8, 4) is 0 Å². The maximum absolute atomic E-state index is 12.7. The van der Waals surface area contributed by atoms with Gasteiger partial charge in [0, 0.05) is 5.69 Å².